The highest BCUT2D eigenvalue weighted by atomic mass is 35.5. The maximum atomic E-state index is 13.4. The molecule has 0 saturated carbocycles. The van der Waals surface area contributed by atoms with Crippen molar-refractivity contribution in [3.8, 4) is 11.5 Å². The van der Waals surface area contributed by atoms with Gasteiger partial charge in [0.1, 0.15) is 11.5 Å². The van der Waals surface area contributed by atoms with Crippen LogP contribution in [0.15, 0.2) is 83.8 Å². The number of piperazine rings is 1. The van der Waals surface area contributed by atoms with Gasteiger partial charge in [0.2, 0.25) is 10.0 Å². The normalized spacial score (nSPS) is 18.3. The quantitative estimate of drug-likeness (QED) is 0.569. The van der Waals surface area contributed by atoms with Gasteiger partial charge in [-0.15, -0.1) is 0 Å². The summed E-state index contributed by atoms with van der Waals surface area (Å²) in [4.78, 5) is 2.41. The van der Waals surface area contributed by atoms with Gasteiger partial charge in [0.05, 0.1) is 16.0 Å². The molecule has 1 fully saturated rings. The second-order valence-corrected chi connectivity index (χ2v) is 9.61. The Morgan fingerprint density at radius 3 is 2.27 bits per heavy atom. The lowest BCUT2D eigenvalue weighted by molar-refractivity contribution is 0.160. The Morgan fingerprint density at radius 1 is 0.900 bits per heavy atom. The number of benzene rings is 3. The molecule has 1 saturated heterocycles. The van der Waals surface area contributed by atoms with Gasteiger partial charge < -0.3 is 9.64 Å². The first-order valence-corrected chi connectivity index (χ1v) is 11.5. The summed E-state index contributed by atoms with van der Waals surface area (Å²) in [7, 11) is -1.64. The highest BCUT2D eigenvalue weighted by molar-refractivity contribution is 7.89. The third-order valence-electron chi connectivity index (χ3n) is 5.21. The Balaban J connectivity index is 1.59. The first-order chi connectivity index (χ1) is 14.4. The minimum Gasteiger partial charge on any atom is -0.456 e. The van der Waals surface area contributed by atoms with Crippen molar-refractivity contribution in [1.82, 2.24) is 9.21 Å². The van der Waals surface area contributed by atoms with E-state index >= 15 is 0 Å². The van der Waals surface area contributed by atoms with Crippen LogP contribution < -0.4 is 4.74 Å². The van der Waals surface area contributed by atoms with Crippen LogP contribution in [0, 0.1) is 0 Å². The van der Waals surface area contributed by atoms with Gasteiger partial charge in [-0.2, -0.15) is 4.31 Å². The first kappa shape index (κ1) is 20.9. The van der Waals surface area contributed by atoms with Gasteiger partial charge in [-0.3, -0.25) is 0 Å². The maximum absolute atomic E-state index is 13.4. The molecule has 4 rings (SSSR count). The molecule has 0 radical (unpaired) electrons. The molecule has 7 heteroatoms. The van der Waals surface area contributed by atoms with Crippen LogP contribution in [0.5, 0.6) is 11.5 Å². The van der Waals surface area contributed by atoms with Crippen LogP contribution in [-0.2, 0) is 10.0 Å². The Hall–Kier alpha value is -2.38. The first-order valence-electron chi connectivity index (χ1n) is 9.73. The van der Waals surface area contributed by atoms with Crippen molar-refractivity contribution in [2.24, 2.45) is 0 Å². The number of nitrogens with zero attached hydrogens (tertiary/aromatic N) is 2. The number of hydrogen-bond acceptors (Lipinski definition) is 4. The molecule has 1 unspecified atom stereocenters. The van der Waals surface area contributed by atoms with Crippen molar-refractivity contribution in [3.63, 3.8) is 0 Å². The van der Waals surface area contributed by atoms with Crippen molar-refractivity contribution in [1.29, 1.82) is 0 Å². The van der Waals surface area contributed by atoms with E-state index in [1.807, 2.05) is 49.5 Å². The van der Waals surface area contributed by atoms with Crippen molar-refractivity contribution >= 4 is 21.6 Å². The van der Waals surface area contributed by atoms with E-state index in [4.69, 9.17) is 16.3 Å². The monoisotopic (exact) mass is 442 g/mol. The van der Waals surface area contributed by atoms with Gasteiger partial charge in [-0.25, -0.2) is 8.42 Å². The fraction of sp³-hybridized carbons (Fsp3) is 0.217. The van der Waals surface area contributed by atoms with Crippen LogP contribution in [0.4, 0.5) is 0 Å². The van der Waals surface area contributed by atoms with E-state index in [2.05, 4.69) is 4.90 Å². The number of para-hydroxylation sites is 1. The molecule has 3 aromatic carbocycles. The summed E-state index contributed by atoms with van der Waals surface area (Å²) in [5.41, 5.74) is 0.992. The van der Waals surface area contributed by atoms with Crippen LogP contribution >= 0.6 is 11.6 Å². The summed E-state index contributed by atoms with van der Waals surface area (Å²) < 4.78 is 34.3. The maximum Gasteiger partial charge on any atom is 0.243 e. The SMILES string of the molecule is CN1CCN(S(=O)(=O)c2ccc(Oc3ccccc3Cl)cc2)C(c2ccccc2)C1. The fourth-order valence-corrected chi connectivity index (χ4v) is 5.38. The predicted molar refractivity (Wildman–Crippen MR) is 119 cm³/mol. The molecular weight excluding hydrogens is 420 g/mol. The summed E-state index contributed by atoms with van der Waals surface area (Å²) in [5.74, 6) is 1.05. The van der Waals surface area contributed by atoms with Gasteiger partial charge in [-0.1, -0.05) is 54.1 Å². The van der Waals surface area contributed by atoms with E-state index in [0.29, 0.717) is 36.2 Å². The van der Waals surface area contributed by atoms with E-state index in [1.165, 1.54) is 0 Å². The number of halogens is 1. The minimum absolute atomic E-state index is 0.228. The van der Waals surface area contributed by atoms with Gasteiger partial charge in [0, 0.05) is 19.6 Å². The molecule has 0 aliphatic carbocycles. The molecule has 156 valence electrons. The number of sulfonamides is 1. The lowest BCUT2D eigenvalue weighted by Gasteiger charge is -2.39. The molecule has 1 heterocycles. The molecule has 0 spiro atoms. The van der Waals surface area contributed by atoms with Gasteiger partial charge in [0.25, 0.3) is 0 Å². The lowest BCUT2D eigenvalue weighted by Crippen LogP contribution is -2.49. The summed E-state index contributed by atoms with van der Waals surface area (Å²) in [5, 5.41) is 0.498. The van der Waals surface area contributed by atoms with E-state index < -0.39 is 10.0 Å². The van der Waals surface area contributed by atoms with E-state index in [9.17, 15) is 8.42 Å². The van der Waals surface area contributed by atoms with Crippen molar-refractivity contribution in [2.45, 2.75) is 10.9 Å². The van der Waals surface area contributed by atoms with Gasteiger partial charge in [0.15, 0.2) is 0 Å². The summed E-state index contributed by atoms with van der Waals surface area (Å²) in [6, 6.07) is 23.2. The largest absolute Gasteiger partial charge is 0.456 e. The molecule has 30 heavy (non-hydrogen) atoms. The van der Waals surface area contributed by atoms with Crippen molar-refractivity contribution < 1.29 is 13.2 Å². The Labute approximate surface area is 182 Å². The highest BCUT2D eigenvalue weighted by Crippen LogP contribution is 2.33. The lowest BCUT2D eigenvalue weighted by atomic mass is 10.1. The summed E-state index contributed by atoms with van der Waals surface area (Å²) in [6.45, 7) is 1.78. The zero-order valence-corrected chi connectivity index (χ0v) is 18.2. The van der Waals surface area contributed by atoms with Crippen LogP contribution in [0.25, 0.3) is 0 Å². The van der Waals surface area contributed by atoms with Crippen molar-refractivity contribution in [2.75, 3.05) is 26.7 Å². The average molecular weight is 443 g/mol. The van der Waals surface area contributed by atoms with Gasteiger partial charge in [-0.05, 0) is 49.0 Å². The van der Waals surface area contributed by atoms with Crippen molar-refractivity contribution in [3.05, 3.63) is 89.4 Å². The highest BCUT2D eigenvalue weighted by Gasteiger charge is 2.36. The average Bonchev–Trinajstić information content (AvgIpc) is 2.76. The number of hydrogen-bond donors (Lipinski definition) is 0. The predicted octanol–water partition coefficient (Wildman–Crippen LogP) is 4.81. The number of rotatable bonds is 5. The third-order valence-corrected chi connectivity index (χ3v) is 7.45. The zero-order valence-electron chi connectivity index (χ0n) is 16.6. The molecule has 0 N–H and O–H groups in total. The second kappa shape index (κ2) is 8.78. The molecule has 1 aliphatic heterocycles. The van der Waals surface area contributed by atoms with Crippen LogP contribution in [0.1, 0.15) is 11.6 Å². The second-order valence-electron chi connectivity index (χ2n) is 7.31. The molecule has 3 aromatic rings. The number of likely N-dealkylation sites (N-methyl/N-ethyl adjacent to an activating group) is 1. The Kier molecular flexibility index (Phi) is 6.11. The van der Waals surface area contributed by atoms with Crippen LogP contribution in [-0.4, -0.2) is 44.3 Å². The number of ether oxygens (including phenoxy) is 1. The molecule has 0 amide bonds. The molecule has 0 bridgehead atoms. The minimum atomic E-state index is -3.66. The fourth-order valence-electron chi connectivity index (χ4n) is 3.61. The molecular formula is C23H23ClN2O3S. The Bertz CT molecular complexity index is 1100. The Morgan fingerprint density at radius 2 is 1.57 bits per heavy atom. The van der Waals surface area contributed by atoms with Crippen LogP contribution in [0.3, 0.4) is 0 Å². The molecule has 5 nitrogen and oxygen atoms in total. The zero-order chi connectivity index (χ0) is 21.1. The van der Waals surface area contributed by atoms with Crippen LogP contribution in [0.2, 0.25) is 5.02 Å². The standard InChI is InChI=1S/C23H23ClN2O3S/c1-25-15-16-26(22(17-25)18-7-3-2-4-8-18)30(27,28)20-13-11-19(12-14-20)29-23-10-6-5-9-21(23)24/h2-14,22H,15-17H2,1H3. The van der Waals surface area contributed by atoms with Gasteiger partial charge >= 0.3 is 0 Å². The third kappa shape index (κ3) is 4.37. The molecule has 1 aliphatic rings. The summed E-state index contributed by atoms with van der Waals surface area (Å²) >= 11 is 6.13. The summed E-state index contributed by atoms with van der Waals surface area (Å²) in [6.07, 6.45) is 0. The smallest absolute Gasteiger partial charge is 0.243 e. The molecule has 1 atom stereocenters. The topological polar surface area (TPSA) is 49.9 Å². The molecule has 0 aromatic heterocycles. The van der Waals surface area contributed by atoms with E-state index in [1.54, 1.807) is 40.7 Å². The van der Waals surface area contributed by atoms with E-state index in [-0.39, 0.29) is 10.9 Å². The van der Waals surface area contributed by atoms with E-state index in [0.717, 1.165) is 5.56 Å².